The first kappa shape index (κ1) is 68.8. The minimum Gasteiger partial charge on any atom is -0.396 e. The first-order chi connectivity index (χ1) is 46.1. The first-order valence-electron chi connectivity index (χ1n) is 29.9. The second-order valence-electron chi connectivity index (χ2n) is 22.6. The van der Waals surface area contributed by atoms with Crippen LogP contribution in [0.3, 0.4) is 0 Å². The van der Waals surface area contributed by atoms with E-state index in [0.29, 0.717) is 29.2 Å². The molecule has 0 radical (unpaired) electrons. The highest BCUT2D eigenvalue weighted by atomic mass is 16.3. The highest BCUT2D eigenvalue weighted by Gasteiger charge is 2.25. The Morgan fingerprint density at radius 3 is 1.11 bits per heavy atom. The third kappa shape index (κ3) is 16.6. The largest absolute Gasteiger partial charge is 0.396 e. The van der Waals surface area contributed by atoms with Crippen molar-refractivity contribution < 1.29 is 57.8 Å². The van der Waals surface area contributed by atoms with Gasteiger partial charge in [0.25, 0.3) is 53.2 Å². The number of aliphatic hydroxyl groups is 1. The Bertz CT molecular complexity index is 4550. The van der Waals surface area contributed by atoms with E-state index in [2.05, 4.69) is 73.4 Å². The Morgan fingerprint density at radius 1 is 0.392 bits per heavy atom. The van der Waals surface area contributed by atoms with Gasteiger partial charge in [-0.15, -0.1) is 0 Å². The fraction of sp³-hybridized carbons (Fsp3) is 0.279. The van der Waals surface area contributed by atoms with Gasteiger partial charge < -0.3 is 110 Å². The van der Waals surface area contributed by atoms with Crippen LogP contribution in [0.1, 0.15) is 114 Å². The van der Waals surface area contributed by atoms with E-state index in [1.54, 1.807) is 79.5 Å². The zero-order valence-corrected chi connectivity index (χ0v) is 54.1. The van der Waals surface area contributed by atoms with Crippen molar-refractivity contribution in [2.24, 2.45) is 69.2 Å². The van der Waals surface area contributed by atoms with Gasteiger partial charge in [-0.1, -0.05) is 0 Å². The van der Waals surface area contributed by atoms with Gasteiger partial charge in [-0.3, -0.25) is 52.7 Å². The maximum Gasteiger partial charge on any atom is 0.292 e. The summed E-state index contributed by atoms with van der Waals surface area (Å²) in [4.78, 5) is 157. The van der Waals surface area contributed by atoms with Crippen LogP contribution in [0.5, 0.6) is 0 Å². The lowest BCUT2D eigenvalue weighted by atomic mass is 10.2. The molecule has 0 aromatic carbocycles. The molecule has 0 spiro atoms. The molecule has 14 N–H and O–H groups in total. The molecule has 508 valence electrons. The molecule has 9 aromatic heterocycles. The molecule has 11 amide bonds. The lowest BCUT2D eigenvalue weighted by molar-refractivity contribution is -0.117. The summed E-state index contributed by atoms with van der Waals surface area (Å²) in [6.07, 6.45) is 15.4. The number of amides is 11. The first-order valence-corrected chi connectivity index (χ1v) is 29.9. The maximum absolute atomic E-state index is 13.4. The number of hydrogen-bond acceptors (Lipinski definition) is 16. The SMILES string of the molecule is Cn1cc(NC(=O)c2cc(NC(=O)c3cc(NC(=O)CCNC(=O)c4cc(NC(=O)c5nc(NC(=O)[C@H](N)CCNC(=O)c6cc(NC(=O)c7cc(NC(=O)c8nc(NC(=O)c9nccn9C)cn8C)cn7C)cn6C)cn5C)cn4C)cn3C)cn2C)cc1C(=O)NCCCO. The van der Waals surface area contributed by atoms with Gasteiger partial charge >= 0.3 is 0 Å². The van der Waals surface area contributed by atoms with Crippen LogP contribution in [0, 0.1) is 0 Å². The van der Waals surface area contributed by atoms with E-state index in [9.17, 15) is 52.7 Å². The number of nitrogens with zero attached hydrogens (tertiary/aromatic N) is 12. The van der Waals surface area contributed by atoms with Gasteiger partial charge in [0.05, 0.1) is 40.2 Å². The fourth-order valence-corrected chi connectivity index (χ4v) is 10.1. The van der Waals surface area contributed by atoms with Gasteiger partial charge in [0.2, 0.25) is 23.5 Å². The summed E-state index contributed by atoms with van der Waals surface area (Å²) in [7, 11) is 14.5. The van der Waals surface area contributed by atoms with E-state index in [4.69, 9.17) is 10.8 Å². The number of aryl methyl sites for hydroxylation is 9. The molecule has 9 heterocycles. The zero-order chi connectivity index (χ0) is 70.1. The molecular weight excluding hydrogens is 1260 g/mol. The molecule has 0 fully saturated rings. The van der Waals surface area contributed by atoms with Crippen LogP contribution in [0.2, 0.25) is 0 Å². The van der Waals surface area contributed by atoms with E-state index < -0.39 is 65.1 Å². The van der Waals surface area contributed by atoms with Crippen LogP contribution >= 0.6 is 0 Å². The third-order valence-electron chi connectivity index (χ3n) is 15.0. The fourth-order valence-electron chi connectivity index (χ4n) is 10.1. The molecule has 1 atom stereocenters. The number of rotatable bonds is 27. The molecule has 0 saturated carbocycles. The number of hydrogen-bond donors (Lipinski definition) is 13. The molecule has 0 bridgehead atoms. The van der Waals surface area contributed by atoms with Crippen molar-refractivity contribution in [3.05, 3.63) is 150 Å². The second kappa shape index (κ2) is 29.6. The Hall–Kier alpha value is -12.6. The summed E-state index contributed by atoms with van der Waals surface area (Å²) < 4.78 is 13.4. The van der Waals surface area contributed by atoms with Crippen LogP contribution in [-0.2, 0) is 73.0 Å². The molecule has 9 rings (SSSR count). The molecule has 0 unspecified atom stereocenters. The molecule has 36 heteroatoms. The van der Waals surface area contributed by atoms with Crippen LogP contribution in [0.4, 0.5) is 45.8 Å². The number of carbonyl (C=O) groups excluding carboxylic acids is 11. The van der Waals surface area contributed by atoms with E-state index in [0.717, 1.165) is 0 Å². The number of nitrogens with two attached hydrogens (primary N) is 1. The standard InChI is InChI=1S/C61H72N24O12/c1-77-17-16-63-49(77)59(95)76-47-32-85(9)51(74-47)61(97)72-38-24-45(83(7)30-38)58(94)69-35-21-41(79(3)27-35)54(90)65-14-11-39(62)52(88)75-46-31-84(8)50(73-46)60(96)71-37-22-42(80(4)29-37)55(91)66-15-12-48(87)67-33-19-43(81(5)25-33)56(92)70-36-23-44(82(6)28-36)57(93)68-34-20-40(78(2)26-34)53(89)64-13-10-18-86/h16-17,19-32,39,86H,10-15,18,62H2,1-9H3,(H,64,89)(H,65,90)(H,66,91)(H,67,87)(H,68,93)(H,69,94)(H,70,92)(H,71,96)(H,72,97)(H,75,88)(H,76,95)/t39-/m1/s1. The molecule has 9 aromatic rings. The van der Waals surface area contributed by atoms with Gasteiger partial charge in [0, 0.05) is 158 Å². The van der Waals surface area contributed by atoms with E-state index >= 15 is 0 Å². The van der Waals surface area contributed by atoms with Gasteiger partial charge in [-0.05, 0) is 49.2 Å². The molecule has 36 nitrogen and oxygen atoms in total. The smallest absolute Gasteiger partial charge is 0.292 e. The summed E-state index contributed by atoms with van der Waals surface area (Å²) in [5.74, 6) is -5.77. The summed E-state index contributed by atoms with van der Waals surface area (Å²) in [5, 5.41) is 38.6. The molecular formula is C61H72N24O12. The molecule has 0 aliphatic rings. The summed E-state index contributed by atoms with van der Waals surface area (Å²) in [5.41, 5.74) is 9.16. The molecule has 97 heavy (non-hydrogen) atoms. The van der Waals surface area contributed by atoms with Gasteiger partial charge in [0.15, 0.2) is 17.5 Å². The van der Waals surface area contributed by atoms with Crippen LogP contribution in [0.15, 0.2) is 98.4 Å². The quantitative estimate of drug-likeness (QED) is 0.0324. The number of aliphatic hydroxyl groups excluding tert-OH is 1. The average molecular weight is 1330 g/mol. The predicted octanol–water partition coefficient (Wildman–Crippen LogP) is 1.39. The maximum atomic E-state index is 13.4. The van der Waals surface area contributed by atoms with Crippen molar-refractivity contribution >= 4 is 111 Å². The van der Waals surface area contributed by atoms with Crippen LogP contribution in [0.25, 0.3) is 0 Å². The number of imidazole rings is 3. The zero-order valence-electron chi connectivity index (χ0n) is 54.1. The second-order valence-corrected chi connectivity index (χ2v) is 22.6. The topological polar surface area (TPSA) is 449 Å². The summed E-state index contributed by atoms with van der Waals surface area (Å²) >= 11 is 0. The average Bonchev–Trinajstić information content (AvgIpc) is 1.70. The lowest BCUT2D eigenvalue weighted by Gasteiger charge is -2.11. The highest BCUT2D eigenvalue weighted by Crippen LogP contribution is 2.23. The minimum atomic E-state index is -1.12. The number of nitrogens with one attached hydrogen (secondary N) is 11. The van der Waals surface area contributed by atoms with E-state index in [1.807, 2.05) is 0 Å². The van der Waals surface area contributed by atoms with Crippen molar-refractivity contribution in [2.75, 3.05) is 68.8 Å². The number of anilines is 8. The lowest BCUT2D eigenvalue weighted by Crippen LogP contribution is -2.39. The van der Waals surface area contributed by atoms with Crippen molar-refractivity contribution in [3.63, 3.8) is 0 Å². The van der Waals surface area contributed by atoms with Crippen molar-refractivity contribution in [2.45, 2.75) is 25.3 Å². The van der Waals surface area contributed by atoms with Crippen molar-refractivity contribution in [1.82, 2.24) is 72.0 Å². The summed E-state index contributed by atoms with van der Waals surface area (Å²) in [6.45, 7) is 0.123. The molecule has 0 saturated heterocycles. The van der Waals surface area contributed by atoms with E-state index in [-0.39, 0.29) is 120 Å². The predicted molar refractivity (Wildman–Crippen MR) is 353 cm³/mol. The Morgan fingerprint density at radius 2 is 0.732 bits per heavy atom. The van der Waals surface area contributed by atoms with Crippen LogP contribution < -0.4 is 64.2 Å². The highest BCUT2D eigenvalue weighted by molar-refractivity contribution is 6.10. The number of carbonyl (C=O) groups is 11. The van der Waals surface area contributed by atoms with Gasteiger partial charge in [0.1, 0.15) is 34.2 Å². The minimum absolute atomic E-state index is 0.00146. The third-order valence-corrected chi connectivity index (χ3v) is 15.0. The van der Waals surface area contributed by atoms with Gasteiger partial charge in [-0.25, -0.2) is 15.0 Å². The summed E-state index contributed by atoms with van der Waals surface area (Å²) in [6, 6.07) is 7.67. The van der Waals surface area contributed by atoms with Crippen molar-refractivity contribution in [1.29, 1.82) is 0 Å². The molecule has 0 aliphatic heterocycles. The number of aromatic nitrogens is 12. The Labute approximate surface area is 551 Å². The normalized spacial score (nSPS) is 11.3. The molecule has 0 aliphatic carbocycles. The Kier molecular flexibility index (Phi) is 21.0. The van der Waals surface area contributed by atoms with Gasteiger partial charge in [-0.2, -0.15) is 0 Å². The monoisotopic (exact) mass is 1330 g/mol. The van der Waals surface area contributed by atoms with Crippen LogP contribution in [-0.4, -0.2) is 158 Å². The van der Waals surface area contributed by atoms with E-state index in [1.165, 1.54) is 123 Å². The van der Waals surface area contributed by atoms with Crippen molar-refractivity contribution in [3.8, 4) is 0 Å². The Balaban J connectivity index is 0.676.